The molecule has 0 saturated heterocycles. The molecule has 0 fully saturated rings. The topological polar surface area (TPSA) is 13.1 Å². The maximum atomic E-state index is 2.46. The van der Waals surface area contributed by atoms with Gasteiger partial charge in [0.25, 0.3) is 0 Å². The van der Waals surface area contributed by atoms with Gasteiger partial charge in [-0.2, -0.15) is 0 Å². The Morgan fingerprint density at radius 3 is 1.33 bits per heavy atom. The van der Waals surface area contributed by atoms with Crippen molar-refractivity contribution in [3.8, 4) is 44.8 Å². The van der Waals surface area contributed by atoms with E-state index >= 15 is 0 Å². The molecule has 0 aliphatic heterocycles. The molecule has 0 spiro atoms. The summed E-state index contributed by atoms with van der Waals surface area (Å²) in [6.07, 6.45) is 0. The first-order chi connectivity index (χ1) is 31.3. The molecule has 3 nitrogen and oxygen atoms in total. The molecule has 296 valence electrons. The number of anilines is 3. The molecular weight excluding hydrogens is 763 g/mol. The van der Waals surface area contributed by atoms with Gasteiger partial charge in [-0.15, -0.1) is 0 Å². The van der Waals surface area contributed by atoms with Crippen LogP contribution in [-0.4, -0.2) is 9.13 Å². The molecular formula is C60H41N3. The Hall–Kier alpha value is -8.40. The van der Waals surface area contributed by atoms with Crippen LogP contribution in [0.5, 0.6) is 0 Å². The number of hydrogen-bond acceptors (Lipinski definition) is 1. The first-order valence-corrected chi connectivity index (χ1v) is 21.6. The lowest BCUT2D eigenvalue weighted by atomic mass is 9.98. The molecule has 0 amide bonds. The van der Waals surface area contributed by atoms with Crippen LogP contribution >= 0.6 is 0 Å². The highest BCUT2D eigenvalue weighted by Crippen LogP contribution is 2.46. The van der Waals surface area contributed by atoms with E-state index in [9.17, 15) is 0 Å². The lowest BCUT2D eigenvalue weighted by Crippen LogP contribution is -2.11. The van der Waals surface area contributed by atoms with E-state index in [-0.39, 0.29) is 0 Å². The molecule has 3 heteroatoms. The Balaban J connectivity index is 1.15. The molecule has 0 atom stereocenters. The second-order valence-electron chi connectivity index (χ2n) is 16.1. The molecule has 0 radical (unpaired) electrons. The standard InChI is InChI=1S/C60H41N3/c1-6-19-42(20-7-1)45-33-36-56-52(39-45)53-40-48(34-37-57(53)62(56)46-25-12-4-13-26-46)61(55-31-17-16-29-50(55)43-21-8-2-9-22-43)49-35-38-58-54(41-49)60-51(44-23-10-3-11-24-44)30-18-32-59(60)63(58)47-27-14-5-15-28-47/h1-41H. The highest BCUT2D eigenvalue weighted by Gasteiger charge is 2.23. The van der Waals surface area contributed by atoms with Crippen LogP contribution in [0, 0.1) is 0 Å². The van der Waals surface area contributed by atoms with Crippen LogP contribution in [0.2, 0.25) is 0 Å². The third-order valence-corrected chi connectivity index (χ3v) is 12.5. The van der Waals surface area contributed by atoms with Gasteiger partial charge in [0.1, 0.15) is 0 Å². The number of aromatic nitrogens is 2. The van der Waals surface area contributed by atoms with Crippen LogP contribution in [0.15, 0.2) is 249 Å². The van der Waals surface area contributed by atoms with Crippen molar-refractivity contribution in [1.82, 2.24) is 9.13 Å². The molecule has 63 heavy (non-hydrogen) atoms. The van der Waals surface area contributed by atoms with Gasteiger partial charge >= 0.3 is 0 Å². The molecule has 0 aliphatic carbocycles. The first kappa shape index (κ1) is 36.5. The van der Waals surface area contributed by atoms with Crippen molar-refractivity contribution < 1.29 is 0 Å². The molecule has 0 saturated carbocycles. The molecule has 2 aromatic heterocycles. The summed E-state index contributed by atoms with van der Waals surface area (Å²) in [7, 11) is 0. The fourth-order valence-corrected chi connectivity index (χ4v) is 9.68. The van der Waals surface area contributed by atoms with Gasteiger partial charge in [-0.3, -0.25) is 0 Å². The zero-order chi connectivity index (χ0) is 41.7. The zero-order valence-electron chi connectivity index (χ0n) is 34.5. The van der Waals surface area contributed by atoms with Crippen LogP contribution in [0.25, 0.3) is 88.4 Å². The maximum Gasteiger partial charge on any atom is 0.0547 e. The molecule has 12 rings (SSSR count). The van der Waals surface area contributed by atoms with Crippen molar-refractivity contribution in [3.63, 3.8) is 0 Å². The first-order valence-electron chi connectivity index (χ1n) is 21.6. The molecule has 0 unspecified atom stereocenters. The van der Waals surface area contributed by atoms with Crippen molar-refractivity contribution in [2.24, 2.45) is 0 Å². The molecule has 0 bridgehead atoms. The zero-order valence-corrected chi connectivity index (χ0v) is 34.5. The number of nitrogens with zero attached hydrogens (tertiary/aromatic N) is 3. The van der Waals surface area contributed by atoms with Gasteiger partial charge in [0, 0.05) is 49.9 Å². The predicted molar refractivity (Wildman–Crippen MR) is 266 cm³/mol. The summed E-state index contributed by atoms with van der Waals surface area (Å²) in [4.78, 5) is 2.46. The molecule has 0 aliphatic rings. The van der Waals surface area contributed by atoms with Gasteiger partial charge in [0.15, 0.2) is 0 Å². The fourth-order valence-electron chi connectivity index (χ4n) is 9.68. The van der Waals surface area contributed by atoms with Gasteiger partial charge in [-0.1, -0.05) is 164 Å². The Morgan fingerprint density at radius 1 is 0.270 bits per heavy atom. The van der Waals surface area contributed by atoms with Gasteiger partial charge < -0.3 is 14.0 Å². The van der Waals surface area contributed by atoms with Crippen LogP contribution < -0.4 is 4.90 Å². The normalized spacial score (nSPS) is 11.5. The minimum absolute atomic E-state index is 1.08. The van der Waals surface area contributed by atoms with Crippen LogP contribution in [-0.2, 0) is 0 Å². The smallest absolute Gasteiger partial charge is 0.0547 e. The van der Waals surface area contributed by atoms with E-state index < -0.39 is 0 Å². The average Bonchev–Trinajstić information content (AvgIpc) is 3.87. The average molecular weight is 804 g/mol. The van der Waals surface area contributed by atoms with E-state index in [1.807, 2.05) is 0 Å². The maximum absolute atomic E-state index is 2.46. The van der Waals surface area contributed by atoms with Gasteiger partial charge in [-0.25, -0.2) is 0 Å². The van der Waals surface area contributed by atoms with Crippen molar-refractivity contribution in [2.45, 2.75) is 0 Å². The summed E-state index contributed by atoms with van der Waals surface area (Å²) in [6.45, 7) is 0. The monoisotopic (exact) mass is 803 g/mol. The van der Waals surface area contributed by atoms with Crippen molar-refractivity contribution in [1.29, 1.82) is 0 Å². The van der Waals surface area contributed by atoms with Crippen LogP contribution in [0.4, 0.5) is 17.1 Å². The Labute approximate surface area is 366 Å². The summed E-state index contributed by atoms with van der Waals surface area (Å²) in [5.74, 6) is 0. The van der Waals surface area contributed by atoms with E-state index in [0.717, 1.165) is 45.0 Å². The molecule has 0 N–H and O–H groups in total. The summed E-state index contributed by atoms with van der Waals surface area (Å²) in [5.41, 5.74) is 17.3. The van der Waals surface area contributed by atoms with Crippen molar-refractivity contribution in [3.05, 3.63) is 249 Å². The number of rotatable bonds is 8. The van der Waals surface area contributed by atoms with E-state index in [0.29, 0.717) is 0 Å². The van der Waals surface area contributed by atoms with E-state index in [2.05, 4.69) is 263 Å². The van der Waals surface area contributed by atoms with Gasteiger partial charge in [0.05, 0.1) is 27.8 Å². The molecule has 10 aromatic carbocycles. The Kier molecular flexibility index (Phi) is 8.83. The summed E-state index contributed by atoms with van der Waals surface area (Å²) < 4.78 is 4.82. The second-order valence-corrected chi connectivity index (χ2v) is 16.1. The van der Waals surface area contributed by atoms with Gasteiger partial charge in [-0.05, 0) is 113 Å². The minimum Gasteiger partial charge on any atom is -0.310 e. The van der Waals surface area contributed by atoms with E-state index in [4.69, 9.17) is 0 Å². The Morgan fingerprint density at radius 2 is 0.714 bits per heavy atom. The van der Waals surface area contributed by atoms with Crippen molar-refractivity contribution >= 4 is 60.7 Å². The SMILES string of the molecule is c1ccc(-c2ccc3c(c2)c2cc(N(c4ccc5c(c4)c4c(-c6ccccc6)cccc4n5-c4ccccc4)c4ccccc4-c4ccccc4)ccc2n3-c2ccccc2)cc1. The van der Waals surface area contributed by atoms with Gasteiger partial charge in [0.2, 0.25) is 0 Å². The third kappa shape index (κ3) is 6.21. The number of benzene rings is 10. The fraction of sp³-hybridized carbons (Fsp3) is 0. The Bertz CT molecular complexity index is 3590. The van der Waals surface area contributed by atoms with Crippen molar-refractivity contribution in [2.75, 3.05) is 4.90 Å². The number of para-hydroxylation sites is 3. The lowest BCUT2D eigenvalue weighted by molar-refractivity contribution is 1.18. The van der Waals surface area contributed by atoms with Crippen LogP contribution in [0.1, 0.15) is 0 Å². The largest absolute Gasteiger partial charge is 0.310 e. The number of fused-ring (bicyclic) bond motifs is 6. The predicted octanol–water partition coefficient (Wildman–Crippen LogP) is 16.4. The summed E-state index contributed by atoms with van der Waals surface area (Å²) in [6, 6.07) is 90.2. The lowest BCUT2D eigenvalue weighted by Gasteiger charge is -2.28. The molecule has 12 aromatic rings. The quantitative estimate of drug-likeness (QED) is 0.149. The number of hydrogen-bond donors (Lipinski definition) is 0. The van der Waals surface area contributed by atoms with E-state index in [1.54, 1.807) is 0 Å². The van der Waals surface area contributed by atoms with E-state index in [1.165, 1.54) is 60.4 Å². The van der Waals surface area contributed by atoms with Crippen LogP contribution in [0.3, 0.4) is 0 Å². The third-order valence-electron chi connectivity index (χ3n) is 12.5. The summed E-state index contributed by atoms with van der Waals surface area (Å²) >= 11 is 0. The summed E-state index contributed by atoms with van der Waals surface area (Å²) in [5, 5.41) is 4.83. The minimum atomic E-state index is 1.08. The molecule has 2 heterocycles. The second kappa shape index (κ2) is 15.3. The highest BCUT2D eigenvalue weighted by molar-refractivity contribution is 6.17. The highest BCUT2D eigenvalue weighted by atomic mass is 15.1.